The van der Waals surface area contributed by atoms with E-state index in [1.807, 2.05) is 37.4 Å². The Morgan fingerprint density at radius 1 is 1.00 bits per heavy atom. The number of carbonyl (C=O) groups excluding carboxylic acids is 2. The Labute approximate surface area is 198 Å². The van der Waals surface area contributed by atoms with Crippen molar-refractivity contribution in [2.45, 2.75) is 32.1 Å². The van der Waals surface area contributed by atoms with Gasteiger partial charge >= 0.3 is 0 Å². The van der Waals surface area contributed by atoms with Gasteiger partial charge in [-0.1, -0.05) is 48.7 Å². The molecule has 6 rings (SSSR count). The van der Waals surface area contributed by atoms with Crippen molar-refractivity contribution in [1.29, 1.82) is 0 Å². The number of anilines is 2. The van der Waals surface area contributed by atoms with Gasteiger partial charge in [0.25, 0.3) is 5.91 Å². The van der Waals surface area contributed by atoms with Gasteiger partial charge in [-0.05, 0) is 55.4 Å². The number of halogens is 1. The molecule has 3 aliphatic carbocycles. The van der Waals surface area contributed by atoms with Gasteiger partial charge in [0.05, 0.1) is 16.3 Å². The summed E-state index contributed by atoms with van der Waals surface area (Å²) >= 11 is 6.11. The summed E-state index contributed by atoms with van der Waals surface area (Å²) in [6.07, 6.45) is 5.93. The summed E-state index contributed by atoms with van der Waals surface area (Å²) in [5.41, 5.74) is 2.76. The first-order valence-electron chi connectivity index (χ1n) is 11.5. The first-order chi connectivity index (χ1) is 16.0. The number of fused-ring (bicyclic) bond motifs is 3. The van der Waals surface area contributed by atoms with Crippen molar-refractivity contribution in [3.8, 4) is 11.3 Å². The van der Waals surface area contributed by atoms with E-state index in [2.05, 4.69) is 15.7 Å². The van der Waals surface area contributed by atoms with E-state index in [0.717, 1.165) is 17.7 Å². The van der Waals surface area contributed by atoms with Gasteiger partial charge in [0, 0.05) is 30.3 Å². The van der Waals surface area contributed by atoms with Crippen LogP contribution < -0.4 is 10.6 Å². The summed E-state index contributed by atoms with van der Waals surface area (Å²) in [5.74, 6) is 1.93. The lowest BCUT2D eigenvalue weighted by molar-refractivity contribution is -0.124. The van der Waals surface area contributed by atoms with E-state index < -0.39 is 0 Å². The van der Waals surface area contributed by atoms with E-state index >= 15 is 0 Å². The molecule has 0 aliphatic heterocycles. The highest BCUT2D eigenvalue weighted by Crippen LogP contribution is 2.45. The van der Waals surface area contributed by atoms with Gasteiger partial charge in [0.1, 0.15) is 5.82 Å². The second-order valence-electron chi connectivity index (χ2n) is 9.16. The first-order valence-corrected chi connectivity index (χ1v) is 11.9. The molecule has 33 heavy (non-hydrogen) atoms. The fourth-order valence-electron chi connectivity index (χ4n) is 5.21. The van der Waals surface area contributed by atoms with E-state index in [-0.39, 0.29) is 17.7 Å². The molecule has 6 nitrogen and oxygen atoms in total. The van der Waals surface area contributed by atoms with Gasteiger partial charge in [0.2, 0.25) is 5.91 Å². The second-order valence-corrected chi connectivity index (χ2v) is 9.57. The quantitative estimate of drug-likeness (QED) is 0.506. The zero-order valence-electron chi connectivity index (χ0n) is 18.6. The Morgan fingerprint density at radius 2 is 1.73 bits per heavy atom. The lowest BCUT2D eigenvalue weighted by Crippen LogP contribution is -2.39. The lowest BCUT2D eigenvalue weighted by Gasteiger charge is -2.41. The van der Waals surface area contributed by atoms with Crippen molar-refractivity contribution < 1.29 is 9.59 Å². The number of aromatic nitrogens is 2. The molecule has 1 atom stereocenters. The maximum atomic E-state index is 12.9. The summed E-state index contributed by atoms with van der Waals surface area (Å²) in [6, 6.07) is 16.3. The highest BCUT2D eigenvalue weighted by Gasteiger charge is 2.39. The fourth-order valence-corrected chi connectivity index (χ4v) is 5.43. The molecule has 3 fully saturated rings. The van der Waals surface area contributed by atoms with Crippen LogP contribution in [0.25, 0.3) is 11.3 Å². The smallest absolute Gasteiger partial charge is 0.257 e. The normalized spacial score (nSPS) is 21.6. The highest BCUT2D eigenvalue weighted by atomic mass is 35.5. The molecule has 2 aromatic carbocycles. The summed E-state index contributed by atoms with van der Waals surface area (Å²) < 4.78 is 1.71. The number of hydrogen-bond acceptors (Lipinski definition) is 3. The Balaban J connectivity index is 1.26. The average Bonchev–Trinajstić information content (AvgIpc) is 3.20. The Kier molecular flexibility index (Phi) is 5.94. The summed E-state index contributed by atoms with van der Waals surface area (Å²) in [5, 5.41) is 11.0. The van der Waals surface area contributed by atoms with Crippen LogP contribution in [0.15, 0.2) is 54.6 Å². The van der Waals surface area contributed by atoms with Crippen LogP contribution in [0.1, 0.15) is 42.5 Å². The maximum absolute atomic E-state index is 12.9. The molecule has 170 valence electrons. The predicted molar refractivity (Wildman–Crippen MR) is 130 cm³/mol. The van der Waals surface area contributed by atoms with Gasteiger partial charge in [0.15, 0.2) is 0 Å². The lowest BCUT2D eigenvalue weighted by atomic mass is 9.64. The van der Waals surface area contributed by atoms with Crippen molar-refractivity contribution in [1.82, 2.24) is 9.78 Å². The zero-order chi connectivity index (χ0) is 22.9. The van der Waals surface area contributed by atoms with Crippen LogP contribution in [0.2, 0.25) is 5.02 Å². The third kappa shape index (κ3) is 4.53. The van der Waals surface area contributed by atoms with E-state index in [9.17, 15) is 9.59 Å². The second kappa shape index (κ2) is 9.02. The molecular weight excluding hydrogens is 436 g/mol. The Hall–Kier alpha value is -3.12. The summed E-state index contributed by atoms with van der Waals surface area (Å²) in [6.45, 7) is 0. The first kappa shape index (κ1) is 21.7. The van der Waals surface area contributed by atoms with Crippen LogP contribution in [0.5, 0.6) is 0 Å². The van der Waals surface area contributed by atoms with Crippen LogP contribution in [0.4, 0.5) is 11.5 Å². The zero-order valence-corrected chi connectivity index (χ0v) is 19.3. The van der Waals surface area contributed by atoms with E-state index in [0.29, 0.717) is 33.9 Å². The third-order valence-electron chi connectivity index (χ3n) is 7.07. The van der Waals surface area contributed by atoms with Crippen LogP contribution in [0, 0.1) is 17.8 Å². The van der Waals surface area contributed by atoms with E-state index in [1.54, 1.807) is 28.9 Å². The fraction of sp³-hybridized carbons (Fsp3) is 0.346. The maximum Gasteiger partial charge on any atom is 0.257 e. The number of benzene rings is 2. The molecule has 2 N–H and O–H groups in total. The summed E-state index contributed by atoms with van der Waals surface area (Å²) in [7, 11) is 1.84. The molecule has 3 aliphatic rings. The molecule has 1 aromatic heterocycles. The monoisotopic (exact) mass is 462 g/mol. The molecule has 2 bridgehead atoms. The van der Waals surface area contributed by atoms with Crippen LogP contribution in [-0.2, 0) is 11.8 Å². The van der Waals surface area contributed by atoms with Crippen molar-refractivity contribution in [3.05, 3.63) is 65.2 Å². The Bertz CT molecular complexity index is 1180. The molecule has 3 aromatic rings. The molecule has 2 amide bonds. The SMILES string of the molecule is Cn1nc(-c2ccc(NC(=O)c3ccccc3Cl)cc2)cc1NC(=O)C1CC2CCC1CC2. The third-order valence-corrected chi connectivity index (χ3v) is 7.40. The number of hydrogen-bond donors (Lipinski definition) is 2. The number of rotatable bonds is 5. The number of nitrogens with one attached hydrogen (secondary N) is 2. The minimum Gasteiger partial charge on any atom is -0.322 e. The van der Waals surface area contributed by atoms with Crippen LogP contribution in [-0.4, -0.2) is 21.6 Å². The largest absolute Gasteiger partial charge is 0.322 e. The van der Waals surface area contributed by atoms with Crippen molar-refractivity contribution >= 4 is 34.9 Å². The van der Waals surface area contributed by atoms with Gasteiger partial charge in [-0.25, -0.2) is 0 Å². The average molecular weight is 463 g/mol. The summed E-state index contributed by atoms with van der Waals surface area (Å²) in [4.78, 5) is 25.4. The molecule has 1 unspecified atom stereocenters. The van der Waals surface area contributed by atoms with Gasteiger partial charge in [-0.15, -0.1) is 0 Å². The van der Waals surface area contributed by atoms with E-state index in [4.69, 9.17) is 11.6 Å². The van der Waals surface area contributed by atoms with Gasteiger partial charge in [-0.2, -0.15) is 5.10 Å². The van der Waals surface area contributed by atoms with Crippen LogP contribution in [0.3, 0.4) is 0 Å². The molecule has 1 heterocycles. The standard InChI is InChI=1S/C26H27ClN4O2/c1-31-24(29-26(33)21-14-16-6-8-17(21)9-7-16)15-23(30-31)18-10-12-19(13-11-18)28-25(32)20-4-2-3-5-22(20)27/h2-5,10-13,15-17,21H,6-9,14H2,1H3,(H,28,32)(H,29,33). The number of nitrogens with zero attached hydrogens (tertiary/aromatic N) is 2. The molecule has 7 heteroatoms. The molecular formula is C26H27ClN4O2. The molecule has 0 spiro atoms. The molecule has 0 saturated heterocycles. The Morgan fingerprint density at radius 3 is 2.39 bits per heavy atom. The van der Waals surface area contributed by atoms with Crippen molar-refractivity contribution in [2.75, 3.05) is 10.6 Å². The predicted octanol–water partition coefficient (Wildman–Crippen LogP) is 5.76. The number of amides is 2. The van der Waals surface area contributed by atoms with Crippen molar-refractivity contribution in [3.63, 3.8) is 0 Å². The highest BCUT2D eigenvalue weighted by molar-refractivity contribution is 6.34. The van der Waals surface area contributed by atoms with Gasteiger partial charge in [-0.3, -0.25) is 14.3 Å². The van der Waals surface area contributed by atoms with E-state index in [1.165, 1.54) is 25.7 Å². The van der Waals surface area contributed by atoms with Crippen LogP contribution >= 0.6 is 11.6 Å². The van der Waals surface area contributed by atoms with Crippen molar-refractivity contribution in [2.24, 2.45) is 24.8 Å². The molecule has 3 saturated carbocycles. The molecule has 0 radical (unpaired) electrons. The number of carbonyl (C=O) groups is 2. The minimum atomic E-state index is -0.257. The number of aryl methyl sites for hydroxylation is 1. The minimum absolute atomic E-state index is 0.122. The van der Waals surface area contributed by atoms with Gasteiger partial charge < -0.3 is 10.6 Å². The topological polar surface area (TPSA) is 76.0 Å².